The van der Waals surface area contributed by atoms with E-state index in [0.29, 0.717) is 0 Å². The Morgan fingerprint density at radius 3 is 2.14 bits per heavy atom. The fourth-order valence-corrected chi connectivity index (χ4v) is 2.47. The van der Waals surface area contributed by atoms with Gasteiger partial charge in [0.15, 0.2) is 5.78 Å². The average molecular weight is 294 g/mol. The summed E-state index contributed by atoms with van der Waals surface area (Å²) in [4.78, 5) is 38.1. The number of azide groups is 1. The fraction of sp³-hybridized carbons (Fsp3) is 0. The SMILES string of the molecule is [N-]=[N+]=Nc1ccc([N+](=O)[O-])c2c1C(=O)c1ccccc1C2=O. The maximum Gasteiger partial charge on any atom is 0.281 e. The first-order valence-corrected chi connectivity index (χ1v) is 6.11. The zero-order valence-corrected chi connectivity index (χ0v) is 10.9. The quantitative estimate of drug-likeness (QED) is 0.236. The van der Waals surface area contributed by atoms with Crippen LogP contribution < -0.4 is 0 Å². The van der Waals surface area contributed by atoms with Gasteiger partial charge in [0.05, 0.1) is 10.5 Å². The number of hydrogen-bond acceptors (Lipinski definition) is 5. The Kier molecular flexibility index (Phi) is 2.94. The second-order valence-corrected chi connectivity index (χ2v) is 4.50. The third-order valence-corrected chi connectivity index (χ3v) is 3.38. The molecule has 0 radical (unpaired) electrons. The summed E-state index contributed by atoms with van der Waals surface area (Å²) < 4.78 is 0. The third-order valence-electron chi connectivity index (χ3n) is 3.38. The summed E-state index contributed by atoms with van der Waals surface area (Å²) in [5.74, 6) is -1.21. The van der Waals surface area contributed by atoms with Gasteiger partial charge in [0.1, 0.15) is 5.56 Å². The molecule has 0 spiro atoms. The molecule has 2 aromatic rings. The number of ketones is 2. The van der Waals surface area contributed by atoms with Crippen LogP contribution in [-0.4, -0.2) is 16.5 Å². The predicted molar refractivity (Wildman–Crippen MR) is 75.2 cm³/mol. The van der Waals surface area contributed by atoms with Crippen LogP contribution in [0.25, 0.3) is 10.4 Å². The Labute approximate surface area is 122 Å². The topological polar surface area (TPSA) is 126 Å². The largest absolute Gasteiger partial charge is 0.289 e. The number of fused-ring (bicyclic) bond motifs is 2. The van der Waals surface area contributed by atoms with Crippen molar-refractivity contribution in [2.75, 3.05) is 0 Å². The van der Waals surface area contributed by atoms with E-state index in [1.165, 1.54) is 12.1 Å². The van der Waals surface area contributed by atoms with Gasteiger partial charge in [-0.2, -0.15) is 0 Å². The molecule has 0 heterocycles. The Morgan fingerprint density at radius 2 is 1.59 bits per heavy atom. The van der Waals surface area contributed by atoms with Crippen molar-refractivity contribution in [2.24, 2.45) is 5.11 Å². The van der Waals surface area contributed by atoms with Crippen molar-refractivity contribution in [3.8, 4) is 0 Å². The molecule has 3 rings (SSSR count). The lowest BCUT2D eigenvalue weighted by atomic mass is 9.82. The Bertz CT molecular complexity index is 853. The van der Waals surface area contributed by atoms with Crippen molar-refractivity contribution in [1.29, 1.82) is 0 Å². The van der Waals surface area contributed by atoms with E-state index in [-0.39, 0.29) is 27.9 Å². The van der Waals surface area contributed by atoms with E-state index in [1.807, 2.05) is 0 Å². The Morgan fingerprint density at radius 1 is 1.00 bits per heavy atom. The van der Waals surface area contributed by atoms with Gasteiger partial charge < -0.3 is 0 Å². The molecular formula is C14H6N4O4. The minimum absolute atomic E-state index is 0.0983. The summed E-state index contributed by atoms with van der Waals surface area (Å²) in [6, 6.07) is 8.26. The number of nitrogens with zero attached hydrogens (tertiary/aromatic N) is 4. The maximum absolute atomic E-state index is 12.6. The van der Waals surface area contributed by atoms with Crippen molar-refractivity contribution in [2.45, 2.75) is 0 Å². The zero-order valence-electron chi connectivity index (χ0n) is 10.9. The molecule has 106 valence electrons. The van der Waals surface area contributed by atoms with Gasteiger partial charge in [0.25, 0.3) is 5.69 Å². The molecule has 0 N–H and O–H groups in total. The van der Waals surface area contributed by atoms with Gasteiger partial charge in [-0.05, 0) is 11.6 Å². The van der Waals surface area contributed by atoms with E-state index >= 15 is 0 Å². The number of benzene rings is 2. The Hall–Kier alpha value is -3.51. The molecule has 2 aromatic carbocycles. The van der Waals surface area contributed by atoms with Crippen molar-refractivity contribution in [3.63, 3.8) is 0 Å². The lowest BCUT2D eigenvalue weighted by Crippen LogP contribution is -2.22. The summed E-state index contributed by atoms with van der Waals surface area (Å²) in [5, 5.41) is 14.5. The first kappa shape index (κ1) is 13.5. The molecule has 8 nitrogen and oxygen atoms in total. The second-order valence-electron chi connectivity index (χ2n) is 4.50. The van der Waals surface area contributed by atoms with Crippen LogP contribution in [0.15, 0.2) is 41.5 Å². The van der Waals surface area contributed by atoms with Crippen LogP contribution >= 0.6 is 0 Å². The minimum atomic E-state index is -0.738. The van der Waals surface area contributed by atoms with E-state index in [9.17, 15) is 19.7 Å². The number of nitro benzene ring substituents is 1. The molecule has 8 heteroatoms. The number of hydrogen-bond donors (Lipinski definition) is 0. The van der Waals surface area contributed by atoms with E-state index in [0.717, 1.165) is 12.1 Å². The molecule has 0 fully saturated rings. The first-order chi connectivity index (χ1) is 10.6. The van der Waals surface area contributed by atoms with Crippen LogP contribution in [0, 0.1) is 10.1 Å². The summed E-state index contributed by atoms with van der Waals surface area (Å²) in [7, 11) is 0. The summed E-state index contributed by atoms with van der Waals surface area (Å²) in [6.07, 6.45) is 0. The third kappa shape index (κ3) is 1.75. The van der Waals surface area contributed by atoms with Gasteiger partial charge >= 0.3 is 0 Å². The molecule has 0 bridgehead atoms. The summed E-state index contributed by atoms with van der Waals surface area (Å²) >= 11 is 0. The van der Waals surface area contributed by atoms with E-state index in [4.69, 9.17) is 5.53 Å². The van der Waals surface area contributed by atoms with Crippen LogP contribution in [0.5, 0.6) is 0 Å². The number of carbonyl (C=O) groups excluding carboxylic acids is 2. The number of nitro groups is 1. The van der Waals surface area contributed by atoms with Crippen molar-refractivity contribution in [1.82, 2.24) is 0 Å². The van der Waals surface area contributed by atoms with Crippen LogP contribution in [0.1, 0.15) is 31.8 Å². The maximum atomic E-state index is 12.6. The number of rotatable bonds is 2. The van der Waals surface area contributed by atoms with Crippen LogP contribution in [0.2, 0.25) is 0 Å². The average Bonchev–Trinajstić information content (AvgIpc) is 2.52. The zero-order chi connectivity index (χ0) is 15.9. The molecule has 1 aliphatic rings. The van der Waals surface area contributed by atoms with Gasteiger partial charge in [-0.1, -0.05) is 29.4 Å². The highest BCUT2D eigenvalue weighted by molar-refractivity contribution is 6.31. The second kappa shape index (κ2) is 4.80. The lowest BCUT2D eigenvalue weighted by Gasteiger charge is -2.18. The van der Waals surface area contributed by atoms with E-state index in [2.05, 4.69) is 10.0 Å². The van der Waals surface area contributed by atoms with Crippen LogP contribution in [-0.2, 0) is 0 Å². The normalized spacial score (nSPS) is 12.2. The predicted octanol–water partition coefficient (Wildman–Crippen LogP) is 3.31. The van der Waals surface area contributed by atoms with Crippen LogP contribution in [0.3, 0.4) is 0 Å². The van der Waals surface area contributed by atoms with Crippen molar-refractivity contribution >= 4 is 22.9 Å². The highest BCUT2D eigenvalue weighted by Gasteiger charge is 2.36. The van der Waals surface area contributed by atoms with Gasteiger partial charge in [-0.3, -0.25) is 19.7 Å². The van der Waals surface area contributed by atoms with Gasteiger partial charge in [0, 0.05) is 27.8 Å². The number of carbonyl (C=O) groups is 2. The molecule has 0 aromatic heterocycles. The molecule has 0 saturated heterocycles. The molecule has 0 aliphatic heterocycles. The fourth-order valence-electron chi connectivity index (χ4n) is 2.47. The van der Waals surface area contributed by atoms with Gasteiger partial charge in [0.2, 0.25) is 5.78 Å². The molecule has 0 unspecified atom stereocenters. The lowest BCUT2D eigenvalue weighted by molar-refractivity contribution is -0.385. The van der Waals surface area contributed by atoms with Crippen LogP contribution in [0.4, 0.5) is 11.4 Å². The molecule has 0 saturated carbocycles. The molecule has 1 aliphatic carbocycles. The van der Waals surface area contributed by atoms with Crippen molar-refractivity contribution < 1.29 is 14.5 Å². The minimum Gasteiger partial charge on any atom is -0.289 e. The highest BCUT2D eigenvalue weighted by atomic mass is 16.6. The molecule has 0 amide bonds. The van der Waals surface area contributed by atoms with Gasteiger partial charge in [-0.25, -0.2) is 0 Å². The smallest absolute Gasteiger partial charge is 0.281 e. The molecule has 0 atom stereocenters. The monoisotopic (exact) mass is 294 g/mol. The van der Waals surface area contributed by atoms with Gasteiger partial charge in [-0.15, -0.1) is 0 Å². The molecular weight excluding hydrogens is 288 g/mol. The standard InChI is InChI=1S/C14H6N4O4/c15-17-16-9-5-6-10(18(21)22)12-11(9)13(19)7-3-1-2-4-8(7)14(12)20/h1-6H. The molecule has 22 heavy (non-hydrogen) atoms. The van der Waals surface area contributed by atoms with E-state index < -0.39 is 22.2 Å². The van der Waals surface area contributed by atoms with E-state index in [1.54, 1.807) is 12.1 Å². The first-order valence-electron chi connectivity index (χ1n) is 6.11. The van der Waals surface area contributed by atoms with Crippen molar-refractivity contribution in [3.05, 3.63) is 79.2 Å². The summed E-state index contributed by atoms with van der Waals surface area (Å²) in [6.45, 7) is 0. The Balaban J connectivity index is 2.44. The summed E-state index contributed by atoms with van der Waals surface area (Å²) in [5.41, 5.74) is 7.66. The highest BCUT2D eigenvalue weighted by Crippen LogP contribution is 2.38.